The second-order valence-corrected chi connectivity index (χ2v) is 9.03. The Bertz CT molecular complexity index is 842. The zero-order chi connectivity index (χ0) is 25.3. The minimum Gasteiger partial charge on any atom is -0.468 e. The van der Waals surface area contributed by atoms with E-state index in [0.29, 0.717) is 12.0 Å². The number of rotatable bonds is 9. The first-order valence-electron chi connectivity index (χ1n) is 11.0. The molecule has 0 aliphatic carbocycles. The number of hydrogen-bond acceptors (Lipinski definition) is 6. The van der Waals surface area contributed by atoms with Crippen LogP contribution in [0.25, 0.3) is 0 Å². The number of ether oxygens (including phenoxy) is 2. The van der Waals surface area contributed by atoms with Gasteiger partial charge in [0.15, 0.2) is 0 Å². The maximum Gasteiger partial charge on any atom is 0.408 e. The van der Waals surface area contributed by atoms with E-state index in [4.69, 9.17) is 4.74 Å². The molecule has 0 saturated carbocycles. The molecule has 0 fully saturated rings. The van der Waals surface area contributed by atoms with Crippen LogP contribution in [-0.4, -0.2) is 60.6 Å². The van der Waals surface area contributed by atoms with Gasteiger partial charge in [-0.15, -0.1) is 0 Å². The third-order valence-corrected chi connectivity index (χ3v) is 4.86. The summed E-state index contributed by atoms with van der Waals surface area (Å²) in [6.07, 6.45) is -0.151. The number of carbonyl (C=O) groups is 4. The predicted molar refractivity (Wildman–Crippen MR) is 125 cm³/mol. The van der Waals surface area contributed by atoms with E-state index in [-0.39, 0.29) is 19.1 Å². The Balaban J connectivity index is 3.30. The third-order valence-electron chi connectivity index (χ3n) is 4.86. The van der Waals surface area contributed by atoms with Crippen LogP contribution in [-0.2, 0) is 23.9 Å². The summed E-state index contributed by atoms with van der Waals surface area (Å²) in [5.41, 5.74) is 1.76. The first-order valence-corrected chi connectivity index (χ1v) is 11.0. The summed E-state index contributed by atoms with van der Waals surface area (Å²) >= 11 is 0. The molecule has 0 aromatic heterocycles. The van der Waals surface area contributed by atoms with Crippen molar-refractivity contribution in [3.8, 4) is 0 Å². The fourth-order valence-corrected chi connectivity index (χ4v) is 3.33. The molecule has 0 heterocycles. The van der Waals surface area contributed by atoms with E-state index >= 15 is 0 Å². The highest BCUT2D eigenvalue weighted by atomic mass is 16.6. The third kappa shape index (κ3) is 9.11. The second kappa shape index (κ2) is 12.2. The van der Waals surface area contributed by atoms with Crippen molar-refractivity contribution in [3.05, 3.63) is 34.9 Å². The molecule has 9 nitrogen and oxygen atoms in total. The number of hydrogen-bond donors (Lipinski definition) is 2. The van der Waals surface area contributed by atoms with Crippen molar-refractivity contribution >= 4 is 23.9 Å². The van der Waals surface area contributed by atoms with Gasteiger partial charge in [0.25, 0.3) is 0 Å². The normalized spacial score (nSPS) is 12.8. The van der Waals surface area contributed by atoms with Gasteiger partial charge in [0.05, 0.1) is 7.11 Å². The highest BCUT2D eigenvalue weighted by Gasteiger charge is 2.35. The van der Waals surface area contributed by atoms with E-state index in [1.807, 2.05) is 45.9 Å². The smallest absolute Gasteiger partial charge is 0.408 e. The molecule has 0 radical (unpaired) electrons. The molecule has 2 unspecified atom stereocenters. The highest BCUT2D eigenvalue weighted by molar-refractivity contribution is 5.92. The van der Waals surface area contributed by atoms with Crippen LogP contribution in [0.15, 0.2) is 18.2 Å². The van der Waals surface area contributed by atoms with Crippen LogP contribution in [0.3, 0.4) is 0 Å². The van der Waals surface area contributed by atoms with Gasteiger partial charge in [0.2, 0.25) is 11.8 Å². The van der Waals surface area contributed by atoms with Gasteiger partial charge < -0.3 is 25.0 Å². The quantitative estimate of drug-likeness (QED) is 0.545. The molecule has 0 saturated heterocycles. The molecule has 0 aliphatic heterocycles. The van der Waals surface area contributed by atoms with Gasteiger partial charge in [-0.3, -0.25) is 14.4 Å². The lowest BCUT2D eigenvalue weighted by Gasteiger charge is -2.36. The first-order chi connectivity index (χ1) is 15.3. The number of carbonyl (C=O) groups excluding carboxylic acids is 4. The summed E-state index contributed by atoms with van der Waals surface area (Å²) in [5, 5.41) is 5.03. The minimum atomic E-state index is -1.00. The van der Waals surface area contributed by atoms with Gasteiger partial charge in [-0.1, -0.05) is 36.2 Å². The van der Waals surface area contributed by atoms with Crippen molar-refractivity contribution in [1.82, 2.24) is 15.5 Å². The van der Waals surface area contributed by atoms with Crippen molar-refractivity contribution in [2.45, 2.75) is 72.6 Å². The van der Waals surface area contributed by atoms with Gasteiger partial charge in [-0.25, -0.2) is 4.79 Å². The topological polar surface area (TPSA) is 114 Å². The largest absolute Gasteiger partial charge is 0.468 e. The molecule has 9 heteroatoms. The summed E-state index contributed by atoms with van der Waals surface area (Å²) in [6.45, 7) is 12.0. The number of nitrogens with one attached hydrogen (secondary N) is 2. The molecule has 1 rings (SSSR count). The Kier molecular flexibility index (Phi) is 10.3. The number of aryl methyl sites for hydroxylation is 2. The Morgan fingerprint density at radius 2 is 1.58 bits per heavy atom. The van der Waals surface area contributed by atoms with Crippen molar-refractivity contribution in [2.24, 2.45) is 0 Å². The van der Waals surface area contributed by atoms with Gasteiger partial charge in [-0.05, 0) is 53.5 Å². The zero-order valence-corrected chi connectivity index (χ0v) is 20.9. The van der Waals surface area contributed by atoms with Gasteiger partial charge >= 0.3 is 12.1 Å². The molecular formula is C24H37N3O6. The maximum absolute atomic E-state index is 13.3. The van der Waals surface area contributed by atoms with Crippen molar-refractivity contribution in [2.75, 3.05) is 20.2 Å². The molecule has 0 bridgehead atoms. The molecule has 1 aromatic carbocycles. The number of esters is 1. The summed E-state index contributed by atoms with van der Waals surface area (Å²) in [6, 6.07) is 4.30. The van der Waals surface area contributed by atoms with Crippen LogP contribution in [0, 0.1) is 13.8 Å². The van der Waals surface area contributed by atoms with E-state index < -0.39 is 35.5 Å². The second-order valence-electron chi connectivity index (χ2n) is 9.03. The van der Waals surface area contributed by atoms with Crippen LogP contribution in [0.1, 0.15) is 63.8 Å². The average molecular weight is 464 g/mol. The number of nitrogens with zero attached hydrogens (tertiary/aromatic N) is 1. The molecule has 0 aliphatic rings. The lowest BCUT2D eigenvalue weighted by Crippen LogP contribution is -2.51. The van der Waals surface area contributed by atoms with E-state index in [1.165, 1.54) is 12.0 Å². The van der Waals surface area contributed by atoms with Gasteiger partial charge in [0.1, 0.15) is 24.7 Å². The standard InChI is InChI=1S/C24H37N3O6/c1-9-17(4)27(19(28)13-26-23(31)33-24(5,6)7)21(22(30)25-14-20(29)32-8)18-11-15(2)10-16(3)12-18/h10-12,17,21H,9,13-14H2,1-8H3,(H,25,30)(H,26,31). The van der Waals surface area contributed by atoms with Crippen LogP contribution in [0.5, 0.6) is 0 Å². The van der Waals surface area contributed by atoms with E-state index in [2.05, 4.69) is 15.4 Å². The predicted octanol–water partition coefficient (Wildman–Crippen LogP) is 2.79. The number of benzene rings is 1. The monoisotopic (exact) mass is 463 g/mol. The van der Waals surface area contributed by atoms with Crippen molar-refractivity contribution < 1.29 is 28.7 Å². The Labute approximate surface area is 196 Å². The SMILES string of the molecule is CCC(C)N(C(=O)CNC(=O)OC(C)(C)C)C(C(=O)NCC(=O)OC)c1cc(C)cc(C)c1. The summed E-state index contributed by atoms with van der Waals surface area (Å²) in [4.78, 5) is 51.6. The van der Waals surface area contributed by atoms with E-state index in [0.717, 1.165) is 11.1 Å². The zero-order valence-electron chi connectivity index (χ0n) is 20.9. The molecule has 1 aromatic rings. The van der Waals surface area contributed by atoms with Crippen molar-refractivity contribution in [3.63, 3.8) is 0 Å². The highest BCUT2D eigenvalue weighted by Crippen LogP contribution is 2.27. The molecule has 2 atom stereocenters. The van der Waals surface area contributed by atoms with Crippen LogP contribution in [0.4, 0.5) is 4.79 Å². The minimum absolute atomic E-state index is 0.324. The molecule has 2 N–H and O–H groups in total. The van der Waals surface area contributed by atoms with Gasteiger partial charge in [0, 0.05) is 6.04 Å². The Morgan fingerprint density at radius 1 is 1.00 bits per heavy atom. The fraction of sp³-hybridized carbons (Fsp3) is 0.583. The van der Waals surface area contributed by atoms with Crippen LogP contribution >= 0.6 is 0 Å². The van der Waals surface area contributed by atoms with E-state index in [9.17, 15) is 19.2 Å². The summed E-state index contributed by atoms with van der Waals surface area (Å²) < 4.78 is 9.81. The number of methoxy groups -OCH3 is 1. The van der Waals surface area contributed by atoms with E-state index in [1.54, 1.807) is 20.8 Å². The van der Waals surface area contributed by atoms with Crippen LogP contribution in [0.2, 0.25) is 0 Å². The summed E-state index contributed by atoms with van der Waals surface area (Å²) in [7, 11) is 1.23. The average Bonchev–Trinajstić information content (AvgIpc) is 2.71. The lowest BCUT2D eigenvalue weighted by molar-refractivity contribution is -0.145. The number of amides is 3. The number of alkyl carbamates (subject to hydrolysis) is 1. The van der Waals surface area contributed by atoms with Gasteiger partial charge in [-0.2, -0.15) is 0 Å². The first kappa shape index (κ1) is 27.9. The molecular weight excluding hydrogens is 426 g/mol. The fourth-order valence-electron chi connectivity index (χ4n) is 3.33. The lowest BCUT2D eigenvalue weighted by atomic mass is 9.97. The molecule has 184 valence electrons. The summed E-state index contributed by atoms with van der Waals surface area (Å²) in [5.74, 6) is -1.57. The maximum atomic E-state index is 13.3. The Morgan fingerprint density at radius 3 is 2.06 bits per heavy atom. The van der Waals surface area contributed by atoms with Crippen LogP contribution < -0.4 is 10.6 Å². The molecule has 3 amide bonds. The Hall–Kier alpha value is -3.10. The molecule has 33 heavy (non-hydrogen) atoms. The molecule has 0 spiro atoms. The van der Waals surface area contributed by atoms with Crippen molar-refractivity contribution in [1.29, 1.82) is 0 Å².